The number of Topliss-reactive ketones (excluding diaryl/α,β-unsaturated/α-hetero) is 1. The number of hydrogen-bond acceptors (Lipinski definition) is 5. The van der Waals surface area contributed by atoms with Crippen molar-refractivity contribution in [3.63, 3.8) is 0 Å². The summed E-state index contributed by atoms with van der Waals surface area (Å²) in [5, 5.41) is 3.14. The van der Waals surface area contributed by atoms with E-state index >= 15 is 0 Å². The quantitative estimate of drug-likeness (QED) is 0.417. The molecule has 0 aromatic heterocycles. The number of ether oxygens (including phenoxy) is 1. The maximum absolute atomic E-state index is 11.9. The van der Waals surface area contributed by atoms with Crippen LogP contribution in [-0.2, 0) is 0 Å². The smallest absolute Gasteiger partial charge is 0.176 e. The fourth-order valence-electron chi connectivity index (χ4n) is 1.73. The van der Waals surface area contributed by atoms with Crippen molar-refractivity contribution in [2.75, 3.05) is 46.6 Å². The Labute approximate surface area is 114 Å². The number of nitrogens with one attached hydrogen (secondary N) is 1. The zero-order valence-corrected chi connectivity index (χ0v) is 11.9. The Balaban J connectivity index is 2.39. The fourth-order valence-corrected chi connectivity index (χ4v) is 1.73. The molecule has 0 bridgehead atoms. The number of carbonyl (C=O) groups excluding carboxylic acids is 1. The van der Waals surface area contributed by atoms with Gasteiger partial charge in [-0.3, -0.25) is 4.79 Å². The number of nitrogen functional groups attached to an aromatic ring is 1. The van der Waals surface area contributed by atoms with Gasteiger partial charge >= 0.3 is 0 Å². The Bertz CT molecular complexity index is 419. The molecule has 0 aliphatic rings. The van der Waals surface area contributed by atoms with E-state index in [0.717, 1.165) is 19.5 Å². The highest BCUT2D eigenvalue weighted by Gasteiger charge is 2.08. The first-order valence-corrected chi connectivity index (χ1v) is 6.36. The third-order valence-corrected chi connectivity index (χ3v) is 2.80. The third-order valence-electron chi connectivity index (χ3n) is 2.80. The number of hydrogen-bond donors (Lipinski definition) is 2. The predicted octanol–water partition coefficient (Wildman–Crippen LogP) is 1.00. The van der Waals surface area contributed by atoms with E-state index in [2.05, 4.69) is 10.2 Å². The van der Waals surface area contributed by atoms with E-state index in [4.69, 9.17) is 10.5 Å². The lowest BCUT2D eigenvalue weighted by Crippen LogP contribution is -2.26. The van der Waals surface area contributed by atoms with Gasteiger partial charge in [0.25, 0.3) is 0 Å². The molecule has 3 N–H and O–H groups in total. The minimum absolute atomic E-state index is 0.0409. The zero-order chi connectivity index (χ0) is 14.3. The largest absolute Gasteiger partial charge is 0.495 e. The van der Waals surface area contributed by atoms with Crippen LogP contribution in [-0.4, -0.2) is 51.5 Å². The standard InChI is InChI=1S/C14H23N3O2/c1-17(2)8-4-7-16-10-13(18)11-5-6-14(19-3)12(15)9-11/h5-6,9,16H,4,7-8,10,15H2,1-3H3. The van der Waals surface area contributed by atoms with E-state index in [1.807, 2.05) is 14.1 Å². The molecule has 0 fully saturated rings. The lowest BCUT2D eigenvalue weighted by Gasteiger charge is -2.10. The minimum Gasteiger partial charge on any atom is -0.495 e. The molecule has 0 unspecified atom stereocenters. The van der Waals surface area contributed by atoms with Gasteiger partial charge in [-0.1, -0.05) is 0 Å². The van der Waals surface area contributed by atoms with Crippen LogP contribution in [0.4, 0.5) is 5.69 Å². The van der Waals surface area contributed by atoms with E-state index < -0.39 is 0 Å². The van der Waals surface area contributed by atoms with Crippen LogP contribution in [0.3, 0.4) is 0 Å². The van der Waals surface area contributed by atoms with Crippen molar-refractivity contribution in [1.82, 2.24) is 10.2 Å². The highest BCUT2D eigenvalue weighted by Crippen LogP contribution is 2.21. The van der Waals surface area contributed by atoms with Crippen molar-refractivity contribution in [3.05, 3.63) is 23.8 Å². The van der Waals surface area contributed by atoms with Gasteiger partial charge in [-0.25, -0.2) is 0 Å². The molecule has 19 heavy (non-hydrogen) atoms. The molecule has 1 rings (SSSR count). The van der Waals surface area contributed by atoms with Crippen LogP contribution in [0.25, 0.3) is 0 Å². The molecule has 0 saturated heterocycles. The Morgan fingerprint density at radius 3 is 2.74 bits per heavy atom. The number of carbonyl (C=O) groups is 1. The number of nitrogens with zero attached hydrogens (tertiary/aromatic N) is 1. The number of rotatable bonds is 8. The summed E-state index contributed by atoms with van der Waals surface area (Å²) in [6.07, 6.45) is 1.02. The van der Waals surface area contributed by atoms with Gasteiger partial charge in [0, 0.05) is 5.56 Å². The molecule has 0 amide bonds. The van der Waals surface area contributed by atoms with Crippen molar-refractivity contribution >= 4 is 11.5 Å². The van der Waals surface area contributed by atoms with Gasteiger partial charge in [0.05, 0.1) is 19.3 Å². The van der Waals surface area contributed by atoms with Crippen LogP contribution >= 0.6 is 0 Å². The van der Waals surface area contributed by atoms with Gasteiger partial charge in [-0.05, 0) is 51.8 Å². The second-order valence-corrected chi connectivity index (χ2v) is 4.71. The molecule has 0 spiro atoms. The van der Waals surface area contributed by atoms with Gasteiger partial charge in [-0.15, -0.1) is 0 Å². The first-order valence-electron chi connectivity index (χ1n) is 6.36. The molecule has 0 heterocycles. The lowest BCUT2D eigenvalue weighted by atomic mass is 10.1. The molecule has 0 radical (unpaired) electrons. The molecule has 0 aliphatic heterocycles. The summed E-state index contributed by atoms with van der Waals surface area (Å²) in [6, 6.07) is 5.11. The summed E-state index contributed by atoms with van der Waals surface area (Å²) in [7, 11) is 5.62. The molecule has 5 heteroatoms. The van der Waals surface area contributed by atoms with Gasteiger partial charge < -0.3 is 20.7 Å². The summed E-state index contributed by atoms with van der Waals surface area (Å²) < 4.78 is 5.06. The van der Waals surface area contributed by atoms with Crippen LogP contribution in [0.1, 0.15) is 16.8 Å². The van der Waals surface area contributed by atoms with E-state index in [1.54, 1.807) is 25.3 Å². The van der Waals surface area contributed by atoms with Gasteiger partial charge in [0.15, 0.2) is 5.78 Å². The molecule has 106 valence electrons. The summed E-state index contributed by atoms with van der Waals surface area (Å²) in [4.78, 5) is 14.0. The van der Waals surface area contributed by atoms with Crippen molar-refractivity contribution in [2.45, 2.75) is 6.42 Å². The lowest BCUT2D eigenvalue weighted by molar-refractivity contribution is 0.0991. The van der Waals surface area contributed by atoms with E-state index in [1.165, 1.54) is 0 Å². The monoisotopic (exact) mass is 265 g/mol. The molecular weight excluding hydrogens is 242 g/mol. The molecule has 0 saturated carbocycles. The maximum atomic E-state index is 11.9. The summed E-state index contributed by atoms with van der Waals surface area (Å²) in [5.74, 6) is 0.634. The summed E-state index contributed by atoms with van der Waals surface area (Å²) >= 11 is 0. The Morgan fingerprint density at radius 1 is 1.42 bits per heavy atom. The molecule has 1 aromatic rings. The second-order valence-electron chi connectivity index (χ2n) is 4.71. The number of ketones is 1. The third kappa shape index (κ3) is 5.28. The van der Waals surface area contributed by atoms with Crippen LogP contribution < -0.4 is 15.8 Å². The van der Waals surface area contributed by atoms with Crippen molar-refractivity contribution < 1.29 is 9.53 Å². The fraction of sp³-hybridized carbons (Fsp3) is 0.500. The molecule has 5 nitrogen and oxygen atoms in total. The normalized spacial score (nSPS) is 10.7. The van der Waals surface area contributed by atoms with E-state index in [0.29, 0.717) is 23.5 Å². The summed E-state index contributed by atoms with van der Waals surface area (Å²) in [6.45, 7) is 2.17. The highest BCUT2D eigenvalue weighted by molar-refractivity contribution is 5.98. The summed E-state index contributed by atoms with van der Waals surface area (Å²) in [5.41, 5.74) is 6.87. The highest BCUT2D eigenvalue weighted by atomic mass is 16.5. The number of anilines is 1. The van der Waals surface area contributed by atoms with Gasteiger partial charge in [0.1, 0.15) is 5.75 Å². The second kappa shape index (κ2) is 7.76. The Hall–Kier alpha value is -1.59. The zero-order valence-electron chi connectivity index (χ0n) is 11.9. The predicted molar refractivity (Wildman–Crippen MR) is 77.8 cm³/mol. The maximum Gasteiger partial charge on any atom is 0.176 e. The van der Waals surface area contributed by atoms with E-state index in [-0.39, 0.29) is 5.78 Å². The minimum atomic E-state index is 0.0409. The van der Waals surface area contributed by atoms with Gasteiger partial charge in [-0.2, -0.15) is 0 Å². The Kier molecular flexibility index (Phi) is 6.32. The van der Waals surface area contributed by atoms with E-state index in [9.17, 15) is 4.79 Å². The topological polar surface area (TPSA) is 67.6 Å². The van der Waals surface area contributed by atoms with Crippen LogP contribution in [0, 0.1) is 0 Å². The van der Waals surface area contributed by atoms with Crippen molar-refractivity contribution in [1.29, 1.82) is 0 Å². The van der Waals surface area contributed by atoms with Crippen molar-refractivity contribution in [3.8, 4) is 5.75 Å². The number of benzene rings is 1. The molecular formula is C14H23N3O2. The number of methoxy groups -OCH3 is 1. The average Bonchev–Trinajstić information content (AvgIpc) is 2.37. The Morgan fingerprint density at radius 2 is 2.16 bits per heavy atom. The van der Waals surface area contributed by atoms with Crippen LogP contribution in [0.2, 0.25) is 0 Å². The van der Waals surface area contributed by atoms with Crippen LogP contribution in [0.5, 0.6) is 5.75 Å². The molecule has 1 aromatic carbocycles. The van der Waals surface area contributed by atoms with Crippen LogP contribution in [0.15, 0.2) is 18.2 Å². The molecule has 0 atom stereocenters. The SMILES string of the molecule is COc1ccc(C(=O)CNCCCN(C)C)cc1N. The number of nitrogens with two attached hydrogens (primary N) is 1. The first kappa shape index (κ1) is 15.5. The first-order chi connectivity index (χ1) is 9.04. The molecule has 0 aliphatic carbocycles. The van der Waals surface area contributed by atoms with Crippen molar-refractivity contribution in [2.24, 2.45) is 0 Å². The average molecular weight is 265 g/mol. The van der Waals surface area contributed by atoms with Gasteiger partial charge in [0.2, 0.25) is 0 Å².